The average Bonchev–Trinajstić information content (AvgIpc) is 2.85. The molecule has 4 heteroatoms. The van der Waals surface area contributed by atoms with E-state index >= 15 is 0 Å². The summed E-state index contributed by atoms with van der Waals surface area (Å²) in [4.78, 5) is 12.0. The van der Waals surface area contributed by atoms with Crippen LogP contribution in [0.3, 0.4) is 0 Å². The lowest BCUT2D eigenvalue weighted by atomic mass is 9.85. The SMILES string of the molecule is COc1c(C(c2ccccn2)N2CCC(c3ccccc3C)CC2)ccc2cccnc12. The van der Waals surface area contributed by atoms with E-state index in [2.05, 4.69) is 71.4 Å². The van der Waals surface area contributed by atoms with Crippen LogP contribution in [0.15, 0.2) is 79.1 Å². The van der Waals surface area contributed by atoms with Crippen molar-refractivity contribution in [1.82, 2.24) is 14.9 Å². The van der Waals surface area contributed by atoms with E-state index in [0.717, 1.165) is 53.8 Å². The Morgan fingerprint density at radius 3 is 2.41 bits per heavy atom. The third-order valence-electron chi connectivity index (χ3n) is 6.75. The Kier molecular flexibility index (Phi) is 5.87. The molecule has 0 aliphatic carbocycles. The molecule has 0 amide bonds. The normalized spacial score (nSPS) is 16.2. The molecule has 1 atom stereocenters. The van der Waals surface area contributed by atoms with E-state index in [1.54, 1.807) is 7.11 Å². The van der Waals surface area contributed by atoms with E-state index in [9.17, 15) is 0 Å². The van der Waals surface area contributed by atoms with Crippen molar-refractivity contribution in [2.45, 2.75) is 31.7 Å². The number of aromatic nitrogens is 2. The summed E-state index contributed by atoms with van der Waals surface area (Å²) in [7, 11) is 1.74. The summed E-state index contributed by atoms with van der Waals surface area (Å²) in [6.45, 7) is 4.26. The van der Waals surface area contributed by atoms with Crippen LogP contribution in [0.2, 0.25) is 0 Å². The van der Waals surface area contributed by atoms with E-state index in [1.165, 1.54) is 11.1 Å². The van der Waals surface area contributed by atoms with E-state index in [4.69, 9.17) is 9.72 Å². The fourth-order valence-corrected chi connectivity index (χ4v) is 5.16. The Hall–Kier alpha value is -3.24. The summed E-state index contributed by atoms with van der Waals surface area (Å²) in [5.74, 6) is 1.46. The molecule has 1 unspecified atom stereocenters. The predicted molar refractivity (Wildman–Crippen MR) is 129 cm³/mol. The Morgan fingerprint density at radius 2 is 1.66 bits per heavy atom. The van der Waals surface area contributed by atoms with Gasteiger partial charge in [0.1, 0.15) is 11.3 Å². The largest absolute Gasteiger partial charge is 0.494 e. The fourth-order valence-electron chi connectivity index (χ4n) is 5.16. The molecule has 0 bridgehead atoms. The molecule has 1 aliphatic heterocycles. The highest BCUT2D eigenvalue weighted by atomic mass is 16.5. The van der Waals surface area contributed by atoms with Crippen molar-refractivity contribution >= 4 is 10.9 Å². The second kappa shape index (κ2) is 9.09. The van der Waals surface area contributed by atoms with Crippen LogP contribution in [0.5, 0.6) is 5.75 Å². The minimum Gasteiger partial charge on any atom is -0.494 e. The quantitative estimate of drug-likeness (QED) is 0.400. The Labute approximate surface area is 189 Å². The van der Waals surface area contributed by atoms with Gasteiger partial charge in [0.15, 0.2) is 0 Å². The van der Waals surface area contributed by atoms with Gasteiger partial charge in [0.2, 0.25) is 0 Å². The molecule has 1 fully saturated rings. The number of hydrogen-bond donors (Lipinski definition) is 0. The van der Waals surface area contributed by atoms with Crippen LogP contribution in [0.1, 0.15) is 47.2 Å². The third kappa shape index (κ3) is 3.87. The van der Waals surface area contributed by atoms with Gasteiger partial charge in [-0.2, -0.15) is 0 Å². The third-order valence-corrected chi connectivity index (χ3v) is 6.75. The summed E-state index contributed by atoms with van der Waals surface area (Å²) in [5, 5.41) is 1.09. The Morgan fingerprint density at radius 1 is 0.875 bits per heavy atom. The number of nitrogens with zero attached hydrogens (tertiary/aromatic N) is 3. The maximum absolute atomic E-state index is 5.94. The van der Waals surface area contributed by atoms with Gasteiger partial charge in [0.05, 0.1) is 18.8 Å². The molecule has 0 spiro atoms. The lowest BCUT2D eigenvalue weighted by Gasteiger charge is -2.38. The Bertz CT molecular complexity index is 1200. The van der Waals surface area contributed by atoms with Gasteiger partial charge in [-0.15, -0.1) is 0 Å². The van der Waals surface area contributed by atoms with Crippen molar-refractivity contribution in [3.8, 4) is 5.75 Å². The molecule has 0 radical (unpaired) electrons. The molecule has 2 aromatic heterocycles. The molecule has 162 valence electrons. The monoisotopic (exact) mass is 423 g/mol. The molecule has 3 heterocycles. The maximum atomic E-state index is 5.94. The molecule has 4 aromatic rings. The first-order chi connectivity index (χ1) is 15.8. The van der Waals surface area contributed by atoms with Crippen molar-refractivity contribution in [3.63, 3.8) is 0 Å². The number of fused-ring (bicyclic) bond motifs is 1. The number of methoxy groups -OCH3 is 1. The number of likely N-dealkylation sites (tertiary alicyclic amines) is 1. The van der Waals surface area contributed by atoms with Gasteiger partial charge in [-0.05, 0) is 68.1 Å². The summed E-state index contributed by atoms with van der Waals surface area (Å²) in [5.41, 5.74) is 5.98. The van der Waals surface area contributed by atoms with Gasteiger partial charge in [-0.25, -0.2) is 0 Å². The number of pyridine rings is 2. The molecular formula is C28H29N3O. The highest BCUT2D eigenvalue weighted by Crippen LogP contribution is 2.40. The topological polar surface area (TPSA) is 38.2 Å². The van der Waals surface area contributed by atoms with E-state index in [-0.39, 0.29) is 6.04 Å². The molecule has 1 saturated heterocycles. The fraction of sp³-hybridized carbons (Fsp3) is 0.286. The van der Waals surface area contributed by atoms with Gasteiger partial charge in [0.25, 0.3) is 0 Å². The zero-order valence-corrected chi connectivity index (χ0v) is 18.7. The zero-order chi connectivity index (χ0) is 21.9. The van der Waals surface area contributed by atoms with Crippen molar-refractivity contribution < 1.29 is 4.74 Å². The lowest BCUT2D eigenvalue weighted by molar-refractivity contribution is 0.169. The van der Waals surface area contributed by atoms with Gasteiger partial charge in [-0.3, -0.25) is 14.9 Å². The summed E-state index contributed by atoms with van der Waals surface area (Å²) in [6, 6.07) is 23.4. The van der Waals surface area contributed by atoms with Gasteiger partial charge in [0, 0.05) is 23.3 Å². The van der Waals surface area contributed by atoms with Crippen LogP contribution >= 0.6 is 0 Å². The maximum Gasteiger partial charge on any atom is 0.150 e. The number of ether oxygens (including phenoxy) is 1. The molecule has 2 aromatic carbocycles. The van der Waals surface area contributed by atoms with Crippen LogP contribution < -0.4 is 4.74 Å². The number of piperidine rings is 1. The van der Waals surface area contributed by atoms with Crippen molar-refractivity contribution in [2.24, 2.45) is 0 Å². The molecule has 5 rings (SSSR count). The first-order valence-corrected chi connectivity index (χ1v) is 11.4. The molecule has 0 saturated carbocycles. The van der Waals surface area contributed by atoms with Crippen LogP contribution in [-0.4, -0.2) is 35.1 Å². The Balaban J connectivity index is 1.51. The van der Waals surface area contributed by atoms with Crippen molar-refractivity contribution in [2.75, 3.05) is 20.2 Å². The summed E-state index contributed by atoms with van der Waals surface area (Å²) in [6.07, 6.45) is 6.00. The van der Waals surface area contributed by atoms with Crippen LogP contribution in [-0.2, 0) is 0 Å². The standard InChI is InChI=1S/C28H29N3O/c1-20-8-3-4-10-23(20)21-14-18-31(19-15-21)27(25-11-5-6-16-29-25)24-13-12-22-9-7-17-30-26(22)28(24)32-2/h3-13,16-17,21,27H,14-15,18-19H2,1-2H3. The minimum atomic E-state index is 0.0374. The lowest BCUT2D eigenvalue weighted by Crippen LogP contribution is -2.37. The first kappa shape index (κ1) is 20.7. The molecule has 32 heavy (non-hydrogen) atoms. The van der Waals surface area contributed by atoms with Gasteiger partial charge < -0.3 is 4.74 Å². The number of hydrogen-bond acceptors (Lipinski definition) is 4. The zero-order valence-electron chi connectivity index (χ0n) is 18.7. The minimum absolute atomic E-state index is 0.0374. The molecule has 0 N–H and O–H groups in total. The highest BCUT2D eigenvalue weighted by Gasteiger charge is 2.31. The summed E-state index contributed by atoms with van der Waals surface area (Å²) < 4.78 is 5.94. The average molecular weight is 424 g/mol. The van der Waals surface area contributed by atoms with Crippen molar-refractivity contribution in [3.05, 3.63) is 102 Å². The predicted octanol–water partition coefficient (Wildman–Crippen LogP) is 5.92. The smallest absolute Gasteiger partial charge is 0.150 e. The second-order valence-corrected chi connectivity index (χ2v) is 8.59. The van der Waals surface area contributed by atoms with E-state index in [0.29, 0.717) is 5.92 Å². The summed E-state index contributed by atoms with van der Waals surface area (Å²) >= 11 is 0. The van der Waals surface area contributed by atoms with Crippen molar-refractivity contribution in [1.29, 1.82) is 0 Å². The molecule has 4 nitrogen and oxygen atoms in total. The van der Waals surface area contributed by atoms with E-state index in [1.807, 2.05) is 24.5 Å². The van der Waals surface area contributed by atoms with Crippen LogP contribution in [0.25, 0.3) is 10.9 Å². The van der Waals surface area contributed by atoms with Gasteiger partial charge >= 0.3 is 0 Å². The molecular weight excluding hydrogens is 394 g/mol. The number of aryl methyl sites for hydroxylation is 1. The first-order valence-electron chi connectivity index (χ1n) is 11.4. The van der Waals surface area contributed by atoms with Crippen LogP contribution in [0.4, 0.5) is 0 Å². The van der Waals surface area contributed by atoms with E-state index < -0.39 is 0 Å². The highest BCUT2D eigenvalue weighted by molar-refractivity contribution is 5.86. The van der Waals surface area contributed by atoms with Crippen LogP contribution in [0, 0.1) is 6.92 Å². The second-order valence-electron chi connectivity index (χ2n) is 8.59. The van der Waals surface area contributed by atoms with Gasteiger partial charge in [-0.1, -0.05) is 48.5 Å². The number of rotatable bonds is 5. The molecule has 1 aliphatic rings. The number of benzene rings is 2.